The van der Waals surface area contributed by atoms with E-state index in [1.165, 1.54) is 11.1 Å². The molecular formula is C10H13Cl3Si. The molecule has 0 unspecified atom stereocenters. The van der Waals surface area contributed by atoms with Crippen molar-refractivity contribution in [2.75, 3.05) is 0 Å². The van der Waals surface area contributed by atoms with Gasteiger partial charge in [0, 0.05) is 0 Å². The van der Waals surface area contributed by atoms with E-state index < -0.39 is 6.00 Å². The summed E-state index contributed by atoms with van der Waals surface area (Å²) in [7, 11) is 0. The van der Waals surface area contributed by atoms with Gasteiger partial charge in [-0.05, 0) is 30.0 Å². The van der Waals surface area contributed by atoms with Crippen LogP contribution in [-0.2, 0) is 12.8 Å². The molecule has 0 aliphatic rings. The molecule has 0 spiro atoms. The number of hydrogen-bond acceptors (Lipinski definition) is 0. The van der Waals surface area contributed by atoms with E-state index in [4.69, 9.17) is 33.2 Å². The quantitative estimate of drug-likeness (QED) is 0.559. The van der Waals surface area contributed by atoms with Crippen LogP contribution in [0.15, 0.2) is 24.3 Å². The summed E-state index contributed by atoms with van der Waals surface area (Å²) in [6, 6.07) is 6.71. The molecule has 78 valence electrons. The Hall–Kier alpha value is 0.307. The normalized spacial score (nSPS) is 11.7. The van der Waals surface area contributed by atoms with E-state index in [0.717, 1.165) is 12.8 Å². The fourth-order valence-electron chi connectivity index (χ4n) is 1.29. The Morgan fingerprint density at radius 2 is 1.79 bits per heavy atom. The molecule has 0 nitrogen and oxygen atoms in total. The molecule has 0 saturated heterocycles. The molecule has 0 heterocycles. The minimum absolute atomic E-state index is 0.699. The molecule has 14 heavy (non-hydrogen) atoms. The summed E-state index contributed by atoms with van der Waals surface area (Å²) in [5, 5.41) is 0. The summed E-state index contributed by atoms with van der Waals surface area (Å²) in [6.45, 7) is 2.14. The third kappa shape index (κ3) is 4.69. The summed E-state index contributed by atoms with van der Waals surface area (Å²) in [5.41, 5.74) is 2.61. The maximum absolute atomic E-state index is 5.83. The topological polar surface area (TPSA) is 0 Å². The van der Waals surface area contributed by atoms with Crippen LogP contribution < -0.4 is 0 Å². The van der Waals surface area contributed by atoms with Crippen molar-refractivity contribution in [3.05, 3.63) is 35.4 Å². The molecule has 0 saturated carbocycles. The number of hydrogen-bond donors (Lipinski definition) is 0. The van der Waals surface area contributed by atoms with Gasteiger partial charge in [0.15, 0.2) is 0 Å². The first-order valence-corrected chi connectivity index (χ1v) is 9.90. The van der Waals surface area contributed by atoms with Gasteiger partial charge in [-0.3, -0.25) is 0 Å². The number of benzene rings is 1. The molecule has 0 radical (unpaired) electrons. The number of halogens is 3. The summed E-state index contributed by atoms with van der Waals surface area (Å²) in [5.74, 6) is 0. The third-order valence-corrected chi connectivity index (χ3v) is 4.61. The minimum atomic E-state index is -2.45. The van der Waals surface area contributed by atoms with Gasteiger partial charge in [0.1, 0.15) is 0 Å². The second-order valence-corrected chi connectivity index (χ2v) is 12.6. The van der Waals surface area contributed by atoms with E-state index in [2.05, 4.69) is 31.2 Å². The summed E-state index contributed by atoms with van der Waals surface area (Å²) < 4.78 is 0. The molecule has 0 bridgehead atoms. The predicted molar refractivity (Wildman–Crippen MR) is 67.6 cm³/mol. The van der Waals surface area contributed by atoms with E-state index in [9.17, 15) is 0 Å². The monoisotopic (exact) mass is 266 g/mol. The summed E-state index contributed by atoms with van der Waals surface area (Å²) in [6.07, 6.45) is 1.93. The van der Waals surface area contributed by atoms with Gasteiger partial charge >= 0.3 is 6.00 Å². The van der Waals surface area contributed by atoms with Crippen LogP contribution in [-0.4, -0.2) is 6.00 Å². The molecule has 1 aromatic carbocycles. The van der Waals surface area contributed by atoms with E-state index in [-0.39, 0.29) is 0 Å². The lowest BCUT2D eigenvalue weighted by atomic mass is 10.1. The largest absolute Gasteiger partial charge is 0.341 e. The lowest BCUT2D eigenvalue weighted by molar-refractivity contribution is 1.08. The van der Waals surface area contributed by atoms with Gasteiger partial charge in [0.2, 0.25) is 0 Å². The molecule has 0 atom stereocenters. The van der Waals surface area contributed by atoms with Crippen molar-refractivity contribution < 1.29 is 0 Å². The van der Waals surface area contributed by atoms with Crippen molar-refractivity contribution in [2.24, 2.45) is 0 Å². The lowest BCUT2D eigenvalue weighted by Crippen LogP contribution is -2.09. The second-order valence-electron chi connectivity index (χ2n) is 3.29. The van der Waals surface area contributed by atoms with E-state index in [0.29, 0.717) is 6.04 Å². The SMILES string of the molecule is CCc1cccc(CC[Si](Cl)(Cl)Cl)c1. The van der Waals surface area contributed by atoms with Gasteiger partial charge < -0.3 is 0 Å². The van der Waals surface area contributed by atoms with E-state index >= 15 is 0 Å². The van der Waals surface area contributed by atoms with Crippen molar-refractivity contribution >= 4 is 39.2 Å². The minimum Gasteiger partial charge on any atom is -0.126 e. The average Bonchev–Trinajstić information content (AvgIpc) is 2.14. The van der Waals surface area contributed by atoms with Gasteiger partial charge in [-0.25, -0.2) is 0 Å². The maximum atomic E-state index is 5.83. The Bertz CT molecular complexity index is 294. The van der Waals surface area contributed by atoms with Crippen LogP contribution >= 0.6 is 33.2 Å². The van der Waals surface area contributed by atoms with Gasteiger partial charge in [-0.15, -0.1) is 33.2 Å². The highest BCUT2D eigenvalue weighted by Crippen LogP contribution is 2.26. The third-order valence-electron chi connectivity index (χ3n) is 2.10. The zero-order valence-corrected chi connectivity index (χ0v) is 11.3. The first-order chi connectivity index (χ1) is 6.51. The van der Waals surface area contributed by atoms with Crippen LogP contribution in [0.4, 0.5) is 0 Å². The summed E-state index contributed by atoms with van der Waals surface area (Å²) in [4.78, 5) is 0. The molecule has 1 rings (SSSR count). The zero-order chi connectivity index (χ0) is 10.6. The van der Waals surface area contributed by atoms with Crippen molar-refractivity contribution in [2.45, 2.75) is 25.8 Å². The van der Waals surface area contributed by atoms with Gasteiger partial charge in [-0.1, -0.05) is 31.2 Å². The van der Waals surface area contributed by atoms with E-state index in [1.54, 1.807) is 0 Å². The standard InChI is InChI=1S/C10H13Cl3Si/c1-2-9-4-3-5-10(8-9)6-7-14(11,12)13/h3-5,8H,2,6-7H2,1H3. The molecular weight excluding hydrogens is 255 g/mol. The Balaban J connectivity index is 2.59. The van der Waals surface area contributed by atoms with E-state index in [1.807, 2.05) is 0 Å². The molecule has 0 amide bonds. The number of rotatable bonds is 4. The molecule has 0 N–H and O–H groups in total. The molecule has 0 aliphatic heterocycles. The molecule has 1 aromatic rings. The molecule has 0 aromatic heterocycles. The smallest absolute Gasteiger partial charge is 0.126 e. The van der Waals surface area contributed by atoms with Gasteiger partial charge in [0.05, 0.1) is 0 Å². The van der Waals surface area contributed by atoms with Crippen molar-refractivity contribution in [1.29, 1.82) is 0 Å². The van der Waals surface area contributed by atoms with Crippen molar-refractivity contribution in [3.63, 3.8) is 0 Å². The highest BCUT2D eigenvalue weighted by Gasteiger charge is 2.23. The predicted octanol–water partition coefficient (Wildman–Crippen LogP) is 4.45. The Kier molecular flexibility index (Phi) is 4.78. The average molecular weight is 268 g/mol. The lowest BCUT2D eigenvalue weighted by Gasteiger charge is -2.08. The zero-order valence-electron chi connectivity index (χ0n) is 8.06. The second kappa shape index (κ2) is 5.41. The van der Waals surface area contributed by atoms with Crippen LogP contribution in [0.3, 0.4) is 0 Å². The molecule has 4 heteroatoms. The van der Waals surface area contributed by atoms with Crippen molar-refractivity contribution in [3.8, 4) is 0 Å². The Morgan fingerprint density at radius 3 is 2.36 bits per heavy atom. The molecule has 0 fully saturated rings. The fourth-order valence-corrected chi connectivity index (χ4v) is 2.71. The van der Waals surface area contributed by atoms with Crippen LogP contribution in [0.1, 0.15) is 18.1 Å². The molecule has 0 aliphatic carbocycles. The van der Waals surface area contributed by atoms with Crippen LogP contribution in [0.5, 0.6) is 0 Å². The highest BCUT2D eigenvalue weighted by atomic mass is 35.8. The number of aryl methyl sites for hydroxylation is 2. The Morgan fingerprint density at radius 1 is 1.14 bits per heavy atom. The first kappa shape index (κ1) is 12.4. The van der Waals surface area contributed by atoms with Gasteiger partial charge in [-0.2, -0.15) is 0 Å². The van der Waals surface area contributed by atoms with Crippen LogP contribution in [0, 0.1) is 0 Å². The van der Waals surface area contributed by atoms with Crippen LogP contribution in [0.2, 0.25) is 6.04 Å². The summed E-state index contributed by atoms with van der Waals surface area (Å²) >= 11 is 17.5. The highest BCUT2D eigenvalue weighted by molar-refractivity contribution is 7.64. The maximum Gasteiger partial charge on any atom is 0.341 e. The Labute approximate surface area is 100 Å². The van der Waals surface area contributed by atoms with Crippen molar-refractivity contribution in [1.82, 2.24) is 0 Å². The fraction of sp³-hybridized carbons (Fsp3) is 0.400. The van der Waals surface area contributed by atoms with Gasteiger partial charge in [0.25, 0.3) is 0 Å². The van der Waals surface area contributed by atoms with Crippen LogP contribution in [0.25, 0.3) is 0 Å². The first-order valence-electron chi connectivity index (χ1n) is 4.66.